The van der Waals surface area contributed by atoms with Crippen molar-refractivity contribution in [3.05, 3.63) is 23.7 Å². The highest BCUT2D eigenvalue weighted by molar-refractivity contribution is 5.22. The third-order valence-corrected chi connectivity index (χ3v) is 3.90. The molecule has 1 aromatic heterocycles. The Labute approximate surface area is 96.2 Å². The van der Waals surface area contributed by atoms with E-state index >= 15 is 0 Å². The molecule has 3 heteroatoms. The Bertz CT molecular complexity index is 366. The van der Waals surface area contributed by atoms with Crippen LogP contribution in [0.15, 0.2) is 16.7 Å². The van der Waals surface area contributed by atoms with Crippen LogP contribution in [0.1, 0.15) is 43.0 Å². The molecule has 1 saturated heterocycles. The van der Waals surface area contributed by atoms with E-state index in [4.69, 9.17) is 9.15 Å². The fourth-order valence-electron chi connectivity index (χ4n) is 3.17. The molecule has 2 aliphatic rings. The molecule has 1 aliphatic carbocycles. The van der Waals surface area contributed by atoms with Gasteiger partial charge in [-0.2, -0.15) is 0 Å². The van der Waals surface area contributed by atoms with Gasteiger partial charge in [0.25, 0.3) is 0 Å². The summed E-state index contributed by atoms with van der Waals surface area (Å²) < 4.78 is 11.5. The first-order valence-corrected chi connectivity index (χ1v) is 6.23. The van der Waals surface area contributed by atoms with Crippen LogP contribution in [-0.2, 0) is 4.74 Å². The first-order valence-electron chi connectivity index (χ1n) is 6.23. The summed E-state index contributed by atoms with van der Waals surface area (Å²) in [5, 5.41) is 3.60. The zero-order valence-corrected chi connectivity index (χ0v) is 9.79. The smallest absolute Gasteiger partial charge is 0.101 e. The molecule has 1 saturated carbocycles. The molecule has 1 atom stereocenters. The van der Waals surface area contributed by atoms with E-state index in [1.54, 1.807) is 0 Å². The van der Waals surface area contributed by atoms with Gasteiger partial charge >= 0.3 is 0 Å². The molecule has 1 aromatic rings. The minimum Gasteiger partial charge on any atom is -0.469 e. The van der Waals surface area contributed by atoms with E-state index in [0.717, 1.165) is 18.9 Å². The fourth-order valence-corrected chi connectivity index (χ4v) is 3.17. The molecule has 3 nitrogen and oxygen atoms in total. The molecule has 1 aliphatic heterocycles. The maximum absolute atomic E-state index is 6.10. The number of morpholine rings is 1. The Balaban J connectivity index is 1.91. The van der Waals surface area contributed by atoms with Crippen LogP contribution in [0.5, 0.6) is 0 Å². The van der Waals surface area contributed by atoms with E-state index in [0.29, 0.717) is 6.04 Å². The third kappa shape index (κ3) is 1.59. The Hall–Kier alpha value is -0.800. The Morgan fingerprint density at radius 2 is 2.19 bits per heavy atom. The minimum absolute atomic E-state index is 0.0363. The molecule has 1 N–H and O–H groups in total. The highest BCUT2D eigenvalue weighted by Crippen LogP contribution is 2.44. The Morgan fingerprint density at radius 1 is 1.38 bits per heavy atom. The lowest BCUT2D eigenvalue weighted by atomic mass is 9.86. The predicted octanol–water partition coefficient (Wildman–Crippen LogP) is 2.56. The second kappa shape index (κ2) is 3.90. The molecule has 1 spiro atoms. The van der Waals surface area contributed by atoms with Crippen LogP contribution in [-0.4, -0.2) is 18.8 Å². The number of hydrogen-bond acceptors (Lipinski definition) is 3. The van der Waals surface area contributed by atoms with Crippen molar-refractivity contribution in [1.29, 1.82) is 0 Å². The van der Waals surface area contributed by atoms with Crippen LogP contribution in [0.25, 0.3) is 0 Å². The van der Waals surface area contributed by atoms with Gasteiger partial charge in [-0.15, -0.1) is 0 Å². The normalized spacial score (nSPS) is 28.7. The van der Waals surface area contributed by atoms with Gasteiger partial charge in [-0.3, -0.25) is 0 Å². The quantitative estimate of drug-likeness (QED) is 0.791. The van der Waals surface area contributed by atoms with Crippen molar-refractivity contribution in [1.82, 2.24) is 5.32 Å². The minimum atomic E-state index is 0.0363. The van der Waals surface area contributed by atoms with Gasteiger partial charge in [-0.1, -0.05) is 12.8 Å². The molecular weight excluding hydrogens is 202 g/mol. The molecule has 0 amide bonds. The first kappa shape index (κ1) is 10.4. The highest BCUT2D eigenvalue weighted by atomic mass is 16.5. The number of nitrogens with one attached hydrogen (secondary N) is 1. The van der Waals surface area contributed by atoms with Crippen LogP contribution in [0.2, 0.25) is 0 Å². The van der Waals surface area contributed by atoms with Crippen molar-refractivity contribution in [3.8, 4) is 0 Å². The van der Waals surface area contributed by atoms with Gasteiger partial charge in [0, 0.05) is 12.1 Å². The fraction of sp³-hybridized carbons (Fsp3) is 0.692. The van der Waals surface area contributed by atoms with Gasteiger partial charge in [0.2, 0.25) is 0 Å². The summed E-state index contributed by atoms with van der Waals surface area (Å²) in [5.41, 5.74) is 1.29. The number of furan rings is 1. The molecular formula is C13H19NO2. The van der Waals surface area contributed by atoms with Crippen LogP contribution < -0.4 is 5.32 Å². The molecule has 0 bridgehead atoms. The van der Waals surface area contributed by atoms with E-state index in [2.05, 4.69) is 11.4 Å². The molecule has 2 heterocycles. The van der Waals surface area contributed by atoms with Crippen molar-refractivity contribution in [3.63, 3.8) is 0 Å². The second-order valence-corrected chi connectivity index (χ2v) is 5.00. The standard InChI is InChI=1S/C13H19NO2/c1-10-8-11(9-15-10)12-13(4-2-3-5-13)16-7-6-14-12/h8-9,12,14H,2-7H2,1H3. The van der Waals surface area contributed by atoms with E-state index in [9.17, 15) is 0 Å². The van der Waals surface area contributed by atoms with Crippen molar-refractivity contribution in [2.75, 3.05) is 13.2 Å². The van der Waals surface area contributed by atoms with E-state index < -0.39 is 0 Å². The average molecular weight is 221 g/mol. The zero-order chi connectivity index (χ0) is 11.0. The molecule has 0 aromatic carbocycles. The molecule has 88 valence electrons. The maximum atomic E-state index is 6.10. The van der Waals surface area contributed by atoms with Gasteiger partial charge in [0.1, 0.15) is 5.76 Å². The van der Waals surface area contributed by atoms with Crippen molar-refractivity contribution in [2.45, 2.75) is 44.2 Å². The van der Waals surface area contributed by atoms with Crippen molar-refractivity contribution >= 4 is 0 Å². The number of ether oxygens (including phenoxy) is 1. The number of hydrogen-bond donors (Lipinski definition) is 1. The van der Waals surface area contributed by atoms with Crippen molar-refractivity contribution in [2.24, 2.45) is 0 Å². The zero-order valence-electron chi connectivity index (χ0n) is 9.79. The largest absolute Gasteiger partial charge is 0.469 e. The topological polar surface area (TPSA) is 34.4 Å². The summed E-state index contributed by atoms with van der Waals surface area (Å²) in [6, 6.07) is 2.45. The Kier molecular flexibility index (Phi) is 2.52. The SMILES string of the molecule is Cc1cc(C2NCCOC23CCCC3)co1. The summed E-state index contributed by atoms with van der Waals surface area (Å²) >= 11 is 0. The van der Waals surface area contributed by atoms with Crippen LogP contribution in [0.3, 0.4) is 0 Å². The second-order valence-electron chi connectivity index (χ2n) is 5.00. The summed E-state index contributed by atoms with van der Waals surface area (Å²) in [6.07, 6.45) is 6.80. The third-order valence-electron chi connectivity index (χ3n) is 3.90. The van der Waals surface area contributed by atoms with Crippen LogP contribution in [0, 0.1) is 6.92 Å². The first-order chi connectivity index (χ1) is 7.80. The lowest BCUT2D eigenvalue weighted by Gasteiger charge is -2.41. The number of aryl methyl sites for hydroxylation is 1. The molecule has 3 rings (SSSR count). The lowest BCUT2D eigenvalue weighted by molar-refractivity contribution is -0.0936. The summed E-state index contributed by atoms with van der Waals surface area (Å²) in [4.78, 5) is 0. The highest BCUT2D eigenvalue weighted by Gasteiger charge is 2.45. The molecule has 2 fully saturated rings. The van der Waals surface area contributed by atoms with Gasteiger partial charge < -0.3 is 14.5 Å². The monoisotopic (exact) mass is 221 g/mol. The number of rotatable bonds is 1. The maximum Gasteiger partial charge on any atom is 0.101 e. The summed E-state index contributed by atoms with van der Waals surface area (Å²) in [5.74, 6) is 0.982. The molecule has 0 radical (unpaired) electrons. The molecule has 16 heavy (non-hydrogen) atoms. The predicted molar refractivity (Wildman–Crippen MR) is 61.3 cm³/mol. The van der Waals surface area contributed by atoms with Gasteiger partial charge in [0.15, 0.2) is 0 Å². The van der Waals surface area contributed by atoms with E-state index in [1.807, 2.05) is 13.2 Å². The lowest BCUT2D eigenvalue weighted by Crippen LogP contribution is -2.50. The van der Waals surface area contributed by atoms with Crippen molar-refractivity contribution < 1.29 is 9.15 Å². The van der Waals surface area contributed by atoms with E-state index in [1.165, 1.54) is 31.2 Å². The van der Waals surface area contributed by atoms with Crippen LogP contribution in [0.4, 0.5) is 0 Å². The van der Waals surface area contributed by atoms with Gasteiger partial charge in [-0.25, -0.2) is 0 Å². The van der Waals surface area contributed by atoms with Gasteiger partial charge in [0.05, 0.1) is 24.5 Å². The summed E-state index contributed by atoms with van der Waals surface area (Å²) in [7, 11) is 0. The Morgan fingerprint density at radius 3 is 2.88 bits per heavy atom. The van der Waals surface area contributed by atoms with E-state index in [-0.39, 0.29) is 5.60 Å². The summed E-state index contributed by atoms with van der Waals surface area (Å²) in [6.45, 7) is 3.78. The molecule has 1 unspecified atom stereocenters. The average Bonchev–Trinajstić information content (AvgIpc) is 2.90. The van der Waals surface area contributed by atoms with Gasteiger partial charge in [-0.05, 0) is 25.8 Å². The van der Waals surface area contributed by atoms with Crippen LogP contribution >= 0.6 is 0 Å².